The van der Waals surface area contributed by atoms with Crippen LogP contribution >= 0.6 is 11.6 Å². The molecule has 1 aliphatic rings. The SMILES string of the molecule is CCc1cccc(Cl)c1CN1CCC(CN)CC1. The highest BCUT2D eigenvalue weighted by atomic mass is 35.5. The van der Waals surface area contributed by atoms with Crippen LogP contribution in [0.5, 0.6) is 0 Å². The van der Waals surface area contributed by atoms with Gasteiger partial charge in [-0.15, -0.1) is 0 Å². The largest absolute Gasteiger partial charge is 0.330 e. The van der Waals surface area contributed by atoms with Crippen molar-refractivity contribution in [3.05, 3.63) is 34.3 Å². The third-order valence-corrected chi connectivity index (χ3v) is 4.37. The van der Waals surface area contributed by atoms with Crippen LogP contribution in [0.1, 0.15) is 30.9 Å². The van der Waals surface area contributed by atoms with Crippen molar-refractivity contribution >= 4 is 11.6 Å². The maximum Gasteiger partial charge on any atom is 0.0453 e. The maximum atomic E-state index is 6.34. The van der Waals surface area contributed by atoms with Crippen molar-refractivity contribution in [2.45, 2.75) is 32.7 Å². The van der Waals surface area contributed by atoms with Crippen molar-refractivity contribution < 1.29 is 0 Å². The van der Waals surface area contributed by atoms with E-state index in [1.54, 1.807) is 0 Å². The normalized spacial score (nSPS) is 18.2. The molecule has 3 heteroatoms. The summed E-state index contributed by atoms with van der Waals surface area (Å²) in [6.45, 7) is 6.31. The molecule has 0 unspecified atom stereocenters. The second-order valence-electron chi connectivity index (χ2n) is 5.19. The Morgan fingerprint density at radius 2 is 2.06 bits per heavy atom. The predicted molar refractivity (Wildman–Crippen MR) is 77.9 cm³/mol. The summed E-state index contributed by atoms with van der Waals surface area (Å²) in [6, 6.07) is 6.24. The van der Waals surface area contributed by atoms with E-state index in [0.29, 0.717) is 0 Å². The summed E-state index contributed by atoms with van der Waals surface area (Å²) in [5.41, 5.74) is 8.42. The Hall–Kier alpha value is -0.570. The third-order valence-electron chi connectivity index (χ3n) is 4.02. The van der Waals surface area contributed by atoms with E-state index >= 15 is 0 Å². The van der Waals surface area contributed by atoms with Crippen LogP contribution in [0.25, 0.3) is 0 Å². The predicted octanol–water partition coefficient (Wildman–Crippen LogP) is 3.07. The van der Waals surface area contributed by atoms with E-state index in [0.717, 1.165) is 43.5 Å². The topological polar surface area (TPSA) is 29.3 Å². The lowest BCUT2D eigenvalue weighted by Crippen LogP contribution is -2.35. The number of hydrogen-bond acceptors (Lipinski definition) is 2. The monoisotopic (exact) mass is 266 g/mol. The molecule has 2 nitrogen and oxygen atoms in total. The Morgan fingerprint density at radius 1 is 1.33 bits per heavy atom. The first-order valence-corrected chi connectivity index (χ1v) is 7.31. The number of benzene rings is 1. The van der Waals surface area contributed by atoms with Crippen LogP contribution in [-0.4, -0.2) is 24.5 Å². The summed E-state index contributed by atoms with van der Waals surface area (Å²) < 4.78 is 0. The molecule has 1 aromatic carbocycles. The number of rotatable bonds is 4. The Labute approximate surface area is 115 Å². The lowest BCUT2D eigenvalue weighted by Gasteiger charge is -2.32. The number of nitrogens with two attached hydrogens (primary N) is 1. The van der Waals surface area contributed by atoms with Gasteiger partial charge in [-0.05, 0) is 62.0 Å². The highest BCUT2D eigenvalue weighted by Gasteiger charge is 2.19. The molecule has 1 heterocycles. The molecule has 18 heavy (non-hydrogen) atoms. The molecule has 2 rings (SSSR count). The summed E-state index contributed by atoms with van der Waals surface area (Å²) in [6.07, 6.45) is 3.50. The average molecular weight is 267 g/mol. The van der Waals surface area contributed by atoms with Crippen molar-refractivity contribution in [2.24, 2.45) is 11.7 Å². The molecule has 2 N–H and O–H groups in total. The first-order chi connectivity index (χ1) is 8.74. The summed E-state index contributed by atoms with van der Waals surface area (Å²) in [4.78, 5) is 2.51. The lowest BCUT2D eigenvalue weighted by atomic mass is 9.96. The number of aryl methyl sites for hydroxylation is 1. The Bertz CT molecular complexity index is 384. The maximum absolute atomic E-state index is 6.34. The zero-order valence-electron chi connectivity index (χ0n) is 11.2. The number of hydrogen-bond donors (Lipinski definition) is 1. The summed E-state index contributed by atoms with van der Waals surface area (Å²) in [5, 5.41) is 0.912. The molecule has 0 amide bonds. The van der Waals surface area contributed by atoms with Gasteiger partial charge in [0.05, 0.1) is 0 Å². The fourth-order valence-corrected chi connectivity index (χ4v) is 2.97. The van der Waals surface area contributed by atoms with Gasteiger partial charge in [0.2, 0.25) is 0 Å². The molecule has 1 saturated heterocycles. The molecule has 0 saturated carbocycles. The highest BCUT2D eigenvalue weighted by molar-refractivity contribution is 6.31. The summed E-state index contributed by atoms with van der Waals surface area (Å²) >= 11 is 6.34. The molecule has 100 valence electrons. The van der Waals surface area contributed by atoms with E-state index in [9.17, 15) is 0 Å². The molecule has 0 aliphatic carbocycles. The fraction of sp³-hybridized carbons (Fsp3) is 0.600. The first-order valence-electron chi connectivity index (χ1n) is 6.93. The van der Waals surface area contributed by atoms with E-state index in [2.05, 4.69) is 17.9 Å². The molecule has 0 aromatic heterocycles. The van der Waals surface area contributed by atoms with Gasteiger partial charge in [0, 0.05) is 11.6 Å². The molecule has 1 aromatic rings. The van der Waals surface area contributed by atoms with Gasteiger partial charge >= 0.3 is 0 Å². The quantitative estimate of drug-likeness (QED) is 0.908. The van der Waals surface area contributed by atoms with Crippen LogP contribution < -0.4 is 5.73 Å². The van der Waals surface area contributed by atoms with Crippen LogP contribution in [0, 0.1) is 5.92 Å². The Morgan fingerprint density at radius 3 is 2.67 bits per heavy atom. The smallest absolute Gasteiger partial charge is 0.0453 e. The Kier molecular flexibility index (Phi) is 5.04. The molecule has 0 atom stereocenters. The van der Waals surface area contributed by atoms with E-state index in [-0.39, 0.29) is 0 Å². The molecule has 0 spiro atoms. The van der Waals surface area contributed by atoms with Gasteiger partial charge in [-0.2, -0.15) is 0 Å². The minimum atomic E-state index is 0.721. The zero-order chi connectivity index (χ0) is 13.0. The number of nitrogens with zero attached hydrogens (tertiary/aromatic N) is 1. The van der Waals surface area contributed by atoms with Gasteiger partial charge in [0.1, 0.15) is 0 Å². The van der Waals surface area contributed by atoms with Crippen molar-refractivity contribution in [2.75, 3.05) is 19.6 Å². The van der Waals surface area contributed by atoms with Gasteiger partial charge < -0.3 is 5.73 Å². The number of halogens is 1. The first kappa shape index (κ1) is 13.9. The molecule has 0 bridgehead atoms. The molecule has 0 radical (unpaired) electrons. The molecular formula is C15H23ClN2. The van der Waals surface area contributed by atoms with Crippen LogP contribution in [0.2, 0.25) is 5.02 Å². The van der Waals surface area contributed by atoms with Gasteiger partial charge in [0.15, 0.2) is 0 Å². The zero-order valence-corrected chi connectivity index (χ0v) is 11.9. The number of piperidine rings is 1. The van der Waals surface area contributed by atoms with Crippen molar-refractivity contribution in [1.82, 2.24) is 4.90 Å². The van der Waals surface area contributed by atoms with Crippen LogP contribution in [0.3, 0.4) is 0 Å². The minimum absolute atomic E-state index is 0.721. The molecular weight excluding hydrogens is 244 g/mol. The molecule has 1 fully saturated rings. The van der Waals surface area contributed by atoms with Crippen LogP contribution in [-0.2, 0) is 13.0 Å². The van der Waals surface area contributed by atoms with Crippen molar-refractivity contribution in [3.63, 3.8) is 0 Å². The van der Waals surface area contributed by atoms with Gasteiger partial charge in [-0.3, -0.25) is 4.90 Å². The Balaban J connectivity index is 2.02. The van der Waals surface area contributed by atoms with Crippen molar-refractivity contribution in [1.29, 1.82) is 0 Å². The second kappa shape index (κ2) is 6.55. The van der Waals surface area contributed by atoms with E-state index in [4.69, 9.17) is 17.3 Å². The van der Waals surface area contributed by atoms with Gasteiger partial charge in [-0.1, -0.05) is 30.7 Å². The van der Waals surface area contributed by atoms with Crippen molar-refractivity contribution in [3.8, 4) is 0 Å². The second-order valence-corrected chi connectivity index (χ2v) is 5.59. The summed E-state index contributed by atoms with van der Waals surface area (Å²) in [5.74, 6) is 0.721. The minimum Gasteiger partial charge on any atom is -0.330 e. The van der Waals surface area contributed by atoms with Gasteiger partial charge in [-0.25, -0.2) is 0 Å². The third kappa shape index (κ3) is 3.25. The van der Waals surface area contributed by atoms with E-state index < -0.39 is 0 Å². The van der Waals surface area contributed by atoms with E-state index in [1.807, 2.05) is 12.1 Å². The summed E-state index contributed by atoms with van der Waals surface area (Å²) in [7, 11) is 0. The number of likely N-dealkylation sites (tertiary alicyclic amines) is 1. The highest BCUT2D eigenvalue weighted by Crippen LogP contribution is 2.25. The van der Waals surface area contributed by atoms with E-state index in [1.165, 1.54) is 24.0 Å². The standard InChI is InChI=1S/C15H23ClN2/c1-2-13-4-3-5-15(16)14(13)11-18-8-6-12(10-17)7-9-18/h3-5,12H,2,6-11,17H2,1H3. The lowest BCUT2D eigenvalue weighted by molar-refractivity contribution is 0.180. The average Bonchev–Trinajstić information content (AvgIpc) is 2.42. The molecule has 1 aliphatic heterocycles. The van der Waals surface area contributed by atoms with Gasteiger partial charge in [0.25, 0.3) is 0 Å². The van der Waals surface area contributed by atoms with Crippen LogP contribution in [0.4, 0.5) is 0 Å². The van der Waals surface area contributed by atoms with Crippen LogP contribution in [0.15, 0.2) is 18.2 Å². The fourth-order valence-electron chi connectivity index (χ4n) is 2.72.